The molecule has 0 amide bonds. The summed E-state index contributed by atoms with van der Waals surface area (Å²) in [6.45, 7) is 2.69. The topological polar surface area (TPSA) is 15.3 Å². The van der Waals surface area contributed by atoms with E-state index in [4.69, 9.17) is 0 Å². The van der Waals surface area contributed by atoms with Crippen LogP contribution in [0.15, 0.2) is 0 Å². The zero-order chi connectivity index (χ0) is 10.1. The predicted molar refractivity (Wildman–Crippen MR) is 63.0 cm³/mol. The molecule has 1 saturated heterocycles. The van der Waals surface area contributed by atoms with E-state index in [1.807, 2.05) is 0 Å². The maximum Gasteiger partial charge on any atom is 0.0209 e. The van der Waals surface area contributed by atoms with Crippen LogP contribution in [-0.2, 0) is 0 Å². The molecule has 0 radical (unpaired) electrons. The maximum absolute atomic E-state index is 3.89. The van der Waals surface area contributed by atoms with E-state index >= 15 is 0 Å². The second-order valence-corrected chi connectivity index (χ2v) is 5.71. The standard InChI is InChI=1S/C13H24N2/c1-2-4-11(5-3-1)14-12-8-9-15(10-12)13-6-7-13/h11-14H,1-10H2. The van der Waals surface area contributed by atoms with Crippen LogP contribution < -0.4 is 5.32 Å². The van der Waals surface area contributed by atoms with Gasteiger partial charge in [-0.1, -0.05) is 19.3 Å². The Balaban J connectivity index is 1.43. The molecule has 2 heteroatoms. The fourth-order valence-corrected chi connectivity index (χ4v) is 3.30. The Morgan fingerprint density at radius 1 is 0.800 bits per heavy atom. The second kappa shape index (κ2) is 4.42. The molecule has 1 heterocycles. The van der Waals surface area contributed by atoms with Crippen molar-refractivity contribution < 1.29 is 0 Å². The van der Waals surface area contributed by atoms with Gasteiger partial charge in [0.25, 0.3) is 0 Å². The van der Waals surface area contributed by atoms with Crippen LogP contribution in [-0.4, -0.2) is 36.1 Å². The highest BCUT2D eigenvalue weighted by molar-refractivity contribution is 4.92. The van der Waals surface area contributed by atoms with Crippen molar-refractivity contribution in [3.8, 4) is 0 Å². The zero-order valence-corrected chi connectivity index (χ0v) is 9.75. The van der Waals surface area contributed by atoms with E-state index in [1.54, 1.807) is 0 Å². The summed E-state index contributed by atoms with van der Waals surface area (Å²) in [5.74, 6) is 0. The van der Waals surface area contributed by atoms with E-state index in [2.05, 4.69) is 10.2 Å². The fourth-order valence-electron chi connectivity index (χ4n) is 3.30. The smallest absolute Gasteiger partial charge is 0.0209 e. The van der Waals surface area contributed by atoms with E-state index in [0.717, 1.165) is 18.1 Å². The largest absolute Gasteiger partial charge is 0.310 e. The molecule has 0 spiro atoms. The predicted octanol–water partition coefficient (Wildman–Crippen LogP) is 2.15. The van der Waals surface area contributed by atoms with Crippen LogP contribution in [0.4, 0.5) is 0 Å². The van der Waals surface area contributed by atoms with E-state index in [-0.39, 0.29) is 0 Å². The number of nitrogens with zero attached hydrogens (tertiary/aromatic N) is 1. The van der Waals surface area contributed by atoms with Crippen molar-refractivity contribution in [2.45, 2.75) is 69.5 Å². The molecule has 1 aliphatic heterocycles. The first kappa shape index (κ1) is 10.1. The first-order valence-electron chi connectivity index (χ1n) is 6.92. The minimum atomic E-state index is 0.814. The lowest BCUT2D eigenvalue weighted by Crippen LogP contribution is -2.41. The molecule has 2 aliphatic carbocycles. The number of nitrogens with one attached hydrogen (secondary N) is 1. The molecule has 1 atom stereocenters. The Kier molecular flexibility index (Phi) is 2.98. The lowest BCUT2D eigenvalue weighted by molar-refractivity contribution is 0.297. The van der Waals surface area contributed by atoms with Crippen LogP contribution in [0.3, 0.4) is 0 Å². The summed E-state index contributed by atoms with van der Waals surface area (Å²) in [5, 5.41) is 3.89. The van der Waals surface area contributed by atoms with E-state index in [1.165, 1.54) is 64.5 Å². The highest BCUT2D eigenvalue weighted by Crippen LogP contribution is 2.30. The Morgan fingerprint density at radius 3 is 2.33 bits per heavy atom. The average molecular weight is 208 g/mol. The van der Waals surface area contributed by atoms with Gasteiger partial charge in [-0.05, 0) is 32.1 Å². The number of likely N-dealkylation sites (tertiary alicyclic amines) is 1. The minimum Gasteiger partial charge on any atom is -0.310 e. The summed E-state index contributed by atoms with van der Waals surface area (Å²) >= 11 is 0. The zero-order valence-electron chi connectivity index (χ0n) is 9.75. The third-order valence-corrected chi connectivity index (χ3v) is 4.36. The van der Waals surface area contributed by atoms with E-state index < -0.39 is 0 Å². The van der Waals surface area contributed by atoms with Gasteiger partial charge < -0.3 is 5.32 Å². The van der Waals surface area contributed by atoms with Crippen LogP contribution >= 0.6 is 0 Å². The van der Waals surface area contributed by atoms with Gasteiger partial charge in [0.05, 0.1) is 0 Å². The third-order valence-electron chi connectivity index (χ3n) is 4.36. The molecule has 1 N–H and O–H groups in total. The molecule has 3 rings (SSSR count). The van der Waals surface area contributed by atoms with Gasteiger partial charge in [0.15, 0.2) is 0 Å². The first-order valence-corrected chi connectivity index (χ1v) is 6.92. The molecule has 0 aromatic rings. The van der Waals surface area contributed by atoms with Crippen molar-refractivity contribution in [2.24, 2.45) is 0 Å². The highest BCUT2D eigenvalue weighted by Gasteiger charge is 2.34. The van der Waals surface area contributed by atoms with Gasteiger partial charge in [0, 0.05) is 31.2 Å². The molecule has 0 aromatic carbocycles. The summed E-state index contributed by atoms with van der Waals surface area (Å²) in [6, 6.07) is 2.64. The number of hydrogen-bond donors (Lipinski definition) is 1. The summed E-state index contributed by atoms with van der Waals surface area (Å²) < 4.78 is 0. The summed E-state index contributed by atoms with van der Waals surface area (Å²) in [4.78, 5) is 2.71. The van der Waals surface area contributed by atoms with Crippen molar-refractivity contribution in [1.29, 1.82) is 0 Å². The van der Waals surface area contributed by atoms with Gasteiger partial charge in [0.2, 0.25) is 0 Å². The van der Waals surface area contributed by atoms with Crippen molar-refractivity contribution in [2.75, 3.05) is 13.1 Å². The Morgan fingerprint density at radius 2 is 1.60 bits per heavy atom. The highest BCUT2D eigenvalue weighted by atomic mass is 15.2. The first-order chi connectivity index (χ1) is 7.42. The second-order valence-electron chi connectivity index (χ2n) is 5.71. The monoisotopic (exact) mass is 208 g/mol. The van der Waals surface area contributed by atoms with E-state index in [0.29, 0.717) is 0 Å². The van der Waals surface area contributed by atoms with Crippen LogP contribution in [0.25, 0.3) is 0 Å². The lowest BCUT2D eigenvalue weighted by atomic mass is 9.95. The molecular formula is C13H24N2. The summed E-state index contributed by atoms with van der Waals surface area (Å²) in [7, 11) is 0. The Bertz CT molecular complexity index is 207. The van der Waals surface area contributed by atoms with Crippen LogP contribution in [0.5, 0.6) is 0 Å². The average Bonchev–Trinajstić information content (AvgIpc) is 3.02. The maximum atomic E-state index is 3.89. The molecule has 0 bridgehead atoms. The molecule has 2 nitrogen and oxygen atoms in total. The summed E-state index contributed by atoms with van der Waals surface area (Å²) in [6.07, 6.45) is 11.6. The van der Waals surface area contributed by atoms with Crippen molar-refractivity contribution in [3.63, 3.8) is 0 Å². The molecule has 15 heavy (non-hydrogen) atoms. The molecule has 1 unspecified atom stereocenters. The third kappa shape index (κ3) is 2.54. The van der Waals surface area contributed by atoms with Crippen LogP contribution in [0.1, 0.15) is 51.4 Å². The number of rotatable bonds is 3. The molecule has 3 aliphatic rings. The van der Waals surface area contributed by atoms with Crippen molar-refractivity contribution >= 4 is 0 Å². The van der Waals surface area contributed by atoms with Gasteiger partial charge in [0.1, 0.15) is 0 Å². The van der Waals surface area contributed by atoms with Crippen molar-refractivity contribution in [3.05, 3.63) is 0 Å². The number of hydrogen-bond acceptors (Lipinski definition) is 2. The van der Waals surface area contributed by atoms with Crippen LogP contribution in [0.2, 0.25) is 0 Å². The van der Waals surface area contributed by atoms with Crippen LogP contribution in [0, 0.1) is 0 Å². The Hall–Kier alpha value is -0.0800. The van der Waals surface area contributed by atoms with Crippen molar-refractivity contribution in [1.82, 2.24) is 10.2 Å². The minimum absolute atomic E-state index is 0.814. The lowest BCUT2D eigenvalue weighted by Gasteiger charge is -2.26. The molecule has 2 saturated carbocycles. The van der Waals surface area contributed by atoms with Gasteiger partial charge >= 0.3 is 0 Å². The van der Waals surface area contributed by atoms with Gasteiger partial charge in [-0.25, -0.2) is 0 Å². The SMILES string of the molecule is C1CCC(NC2CCN(C3CC3)C2)CC1. The molecular weight excluding hydrogens is 184 g/mol. The normalized spacial score (nSPS) is 34.8. The molecule has 0 aromatic heterocycles. The van der Waals surface area contributed by atoms with Gasteiger partial charge in [-0.15, -0.1) is 0 Å². The molecule has 86 valence electrons. The van der Waals surface area contributed by atoms with Gasteiger partial charge in [-0.2, -0.15) is 0 Å². The Labute approximate surface area is 93.4 Å². The van der Waals surface area contributed by atoms with E-state index in [9.17, 15) is 0 Å². The summed E-state index contributed by atoms with van der Waals surface area (Å²) in [5.41, 5.74) is 0. The molecule has 3 fully saturated rings. The quantitative estimate of drug-likeness (QED) is 0.764. The fraction of sp³-hybridized carbons (Fsp3) is 1.00. The van der Waals surface area contributed by atoms with Gasteiger partial charge in [-0.3, -0.25) is 4.90 Å².